The first-order chi connectivity index (χ1) is 10.7. The van der Waals surface area contributed by atoms with E-state index in [4.69, 9.17) is 9.47 Å². The Balaban J connectivity index is 1.68. The van der Waals surface area contributed by atoms with Gasteiger partial charge in [0.1, 0.15) is 0 Å². The van der Waals surface area contributed by atoms with Crippen LogP contribution in [-0.2, 0) is 19.7 Å². The van der Waals surface area contributed by atoms with Gasteiger partial charge >= 0.3 is 0 Å². The number of ether oxygens (including phenoxy) is 2. The maximum Gasteiger partial charge on any atom is 0.234 e. The summed E-state index contributed by atoms with van der Waals surface area (Å²) in [7, 11) is 0. The molecule has 4 heteroatoms. The lowest BCUT2D eigenvalue weighted by molar-refractivity contribution is -0.206. The van der Waals surface area contributed by atoms with Crippen molar-refractivity contribution in [2.45, 2.75) is 37.1 Å². The van der Waals surface area contributed by atoms with Crippen LogP contribution >= 0.6 is 0 Å². The smallest absolute Gasteiger partial charge is 0.234 e. The van der Waals surface area contributed by atoms with Crippen LogP contribution in [0.15, 0.2) is 24.3 Å². The molecule has 0 aliphatic carbocycles. The average molecular weight is 301 g/mol. The van der Waals surface area contributed by atoms with Gasteiger partial charge in [0.25, 0.3) is 0 Å². The van der Waals surface area contributed by atoms with Gasteiger partial charge in [0, 0.05) is 19.8 Å². The van der Waals surface area contributed by atoms with Crippen molar-refractivity contribution >= 4 is 5.91 Å². The summed E-state index contributed by atoms with van der Waals surface area (Å²) >= 11 is 0. The lowest BCUT2D eigenvalue weighted by Crippen LogP contribution is -2.74. The number of nitrogens with zero attached hydrogens (tertiary/aromatic N) is 1. The fourth-order valence-corrected chi connectivity index (χ4v) is 3.97. The van der Waals surface area contributed by atoms with E-state index < -0.39 is 5.41 Å². The first-order valence-corrected chi connectivity index (χ1v) is 8.21. The fraction of sp³-hybridized carbons (Fsp3) is 0.611. The first kappa shape index (κ1) is 14.2. The number of hydrogen-bond donors (Lipinski definition) is 0. The quantitative estimate of drug-likeness (QED) is 0.839. The molecule has 1 aromatic carbocycles. The van der Waals surface area contributed by atoms with Crippen molar-refractivity contribution in [3.8, 4) is 0 Å². The van der Waals surface area contributed by atoms with Crippen LogP contribution in [0.5, 0.6) is 0 Å². The summed E-state index contributed by atoms with van der Waals surface area (Å²) in [6, 6.07) is 8.47. The molecule has 0 radical (unpaired) electrons. The summed E-state index contributed by atoms with van der Waals surface area (Å²) in [6.45, 7) is 5.70. The number of carbonyl (C=O) groups is 1. The monoisotopic (exact) mass is 301 g/mol. The summed E-state index contributed by atoms with van der Waals surface area (Å²) in [5.41, 5.74) is 1.97. The van der Waals surface area contributed by atoms with Crippen molar-refractivity contribution in [2.24, 2.45) is 0 Å². The van der Waals surface area contributed by atoms with Crippen molar-refractivity contribution in [3.63, 3.8) is 0 Å². The van der Waals surface area contributed by atoms with Gasteiger partial charge in [0.05, 0.1) is 24.2 Å². The second-order valence-electron chi connectivity index (χ2n) is 6.98. The number of rotatable bonds is 2. The molecule has 4 nitrogen and oxygen atoms in total. The highest BCUT2D eigenvalue weighted by Gasteiger charge is 2.57. The van der Waals surface area contributed by atoms with E-state index in [0.717, 1.165) is 31.4 Å². The highest BCUT2D eigenvalue weighted by molar-refractivity contribution is 5.90. The molecule has 3 heterocycles. The summed E-state index contributed by atoms with van der Waals surface area (Å²) < 4.78 is 10.9. The van der Waals surface area contributed by atoms with E-state index in [1.165, 1.54) is 5.56 Å². The molecule has 0 aromatic heterocycles. The second kappa shape index (κ2) is 5.07. The van der Waals surface area contributed by atoms with Gasteiger partial charge in [-0.15, -0.1) is 0 Å². The molecule has 3 aliphatic heterocycles. The van der Waals surface area contributed by atoms with Gasteiger partial charge in [-0.05, 0) is 31.7 Å². The molecule has 1 spiro atoms. The number of amides is 1. The molecule has 0 atom stereocenters. The van der Waals surface area contributed by atoms with Gasteiger partial charge in [0.15, 0.2) is 0 Å². The summed E-state index contributed by atoms with van der Waals surface area (Å²) in [6.07, 6.45) is 2.64. The summed E-state index contributed by atoms with van der Waals surface area (Å²) in [5.74, 6) is 0.286. The predicted molar refractivity (Wildman–Crippen MR) is 82.8 cm³/mol. The average Bonchev–Trinajstić information content (AvgIpc) is 2.46. The maximum absolute atomic E-state index is 13.4. The number of carbonyl (C=O) groups excluding carboxylic acids is 1. The third-order valence-electron chi connectivity index (χ3n) is 5.72. The van der Waals surface area contributed by atoms with E-state index in [9.17, 15) is 4.79 Å². The van der Waals surface area contributed by atoms with E-state index in [1.807, 2.05) is 0 Å². The topological polar surface area (TPSA) is 38.8 Å². The molecule has 1 amide bonds. The first-order valence-electron chi connectivity index (χ1n) is 8.21. The molecular weight excluding hydrogens is 278 g/mol. The molecule has 118 valence electrons. The minimum absolute atomic E-state index is 0.00703. The summed E-state index contributed by atoms with van der Waals surface area (Å²) in [4.78, 5) is 15.5. The van der Waals surface area contributed by atoms with Crippen LogP contribution < -0.4 is 0 Å². The zero-order valence-corrected chi connectivity index (χ0v) is 13.1. The SMILES string of the molecule is Cc1ccc(C2(C(=O)N3CCC34COC4)CCOCC2)cc1. The highest BCUT2D eigenvalue weighted by atomic mass is 16.5. The second-order valence-corrected chi connectivity index (χ2v) is 6.98. The Morgan fingerprint density at radius 3 is 2.23 bits per heavy atom. The Hall–Kier alpha value is -1.39. The lowest BCUT2D eigenvalue weighted by atomic mass is 9.70. The zero-order chi connectivity index (χ0) is 15.2. The van der Waals surface area contributed by atoms with E-state index in [2.05, 4.69) is 36.1 Å². The maximum atomic E-state index is 13.4. The van der Waals surface area contributed by atoms with Gasteiger partial charge in [-0.2, -0.15) is 0 Å². The largest absolute Gasteiger partial charge is 0.381 e. The molecule has 0 N–H and O–H groups in total. The minimum Gasteiger partial charge on any atom is -0.381 e. The Bertz CT molecular complexity index is 565. The van der Waals surface area contributed by atoms with Crippen LogP contribution in [0.25, 0.3) is 0 Å². The van der Waals surface area contributed by atoms with Crippen molar-refractivity contribution in [1.82, 2.24) is 4.90 Å². The van der Waals surface area contributed by atoms with Crippen LogP contribution in [0, 0.1) is 6.92 Å². The molecule has 0 unspecified atom stereocenters. The van der Waals surface area contributed by atoms with E-state index in [0.29, 0.717) is 26.4 Å². The number of hydrogen-bond acceptors (Lipinski definition) is 3. The third-order valence-corrected chi connectivity index (χ3v) is 5.72. The van der Waals surface area contributed by atoms with Gasteiger partial charge in [-0.3, -0.25) is 4.79 Å². The number of likely N-dealkylation sites (tertiary alicyclic amines) is 1. The van der Waals surface area contributed by atoms with Crippen molar-refractivity contribution in [1.29, 1.82) is 0 Å². The standard InChI is InChI=1S/C18H23NO3/c1-14-2-4-15(5-3-14)18(7-10-21-11-8-18)16(20)19-9-6-17(19)12-22-13-17/h2-5H,6-13H2,1H3. The van der Waals surface area contributed by atoms with Crippen LogP contribution in [-0.4, -0.2) is 49.3 Å². The lowest BCUT2D eigenvalue weighted by Gasteiger charge is -2.59. The Morgan fingerprint density at radius 2 is 1.73 bits per heavy atom. The van der Waals surface area contributed by atoms with Crippen LogP contribution in [0.1, 0.15) is 30.4 Å². The Labute approximate surface area is 131 Å². The molecule has 3 aliphatic rings. The highest BCUT2D eigenvalue weighted by Crippen LogP contribution is 2.44. The van der Waals surface area contributed by atoms with Crippen LogP contribution in [0.4, 0.5) is 0 Å². The number of aryl methyl sites for hydroxylation is 1. The van der Waals surface area contributed by atoms with Gasteiger partial charge < -0.3 is 14.4 Å². The molecule has 3 fully saturated rings. The molecule has 3 saturated heterocycles. The molecule has 4 rings (SSSR count). The minimum atomic E-state index is -0.408. The van der Waals surface area contributed by atoms with Gasteiger partial charge in [0.2, 0.25) is 5.91 Å². The van der Waals surface area contributed by atoms with E-state index in [1.54, 1.807) is 0 Å². The third kappa shape index (κ3) is 1.94. The van der Waals surface area contributed by atoms with Crippen LogP contribution in [0.3, 0.4) is 0 Å². The number of benzene rings is 1. The molecule has 22 heavy (non-hydrogen) atoms. The van der Waals surface area contributed by atoms with Gasteiger partial charge in [-0.25, -0.2) is 0 Å². The van der Waals surface area contributed by atoms with Crippen LogP contribution in [0.2, 0.25) is 0 Å². The zero-order valence-electron chi connectivity index (χ0n) is 13.1. The Morgan fingerprint density at radius 1 is 1.05 bits per heavy atom. The van der Waals surface area contributed by atoms with Crippen molar-refractivity contribution < 1.29 is 14.3 Å². The van der Waals surface area contributed by atoms with Crippen molar-refractivity contribution in [2.75, 3.05) is 33.0 Å². The predicted octanol–water partition coefficient (Wildman–Crippen LogP) is 2.04. The summed E-state index contributed by atoms with van der Waals surface area (Å²) in [5, 5.41) is 0. The fourth-order valence-electron chi connectivity index (χ4n) is 3.97. The Kier molecular flexibility index (Phi) is 3.27. The van der Waals surface area contributed by atoms with Crippen molar-refractivity contribution in [3.05, 3.63) is 35.4 Å². The molecule has 1 aromatic rings. The van der Waals surface area contributed by atoms with E-state index in [-0.39, 0.29) is 11.4 Å². The molecule has 0 bridgehead atoms. The normalized spacial score (nSPS) is 25.4. The van der Waals surface area contributed by atoms with Gasteiger partial charge in [-0.1, -0.05) is 29.8 Å². The molecular formula is C18H23NO3. The molecule has 0 saturated carbocycles. The van der Waals surface area contributed by atoms with E-state index >= 15 is 0 Å².